The molecule has 3 heteroatoms. The van der Waals surface area contributed by atoms with E-state index in [9.17, 15) is 9.90 Å². The Morgan fingerprint density at radius 2 is 2.00 bits per heavy atom. The van der Waals surface area contributed by atoms with Crippen molar-refractivity contribution < 1.29 is 9.90 Å². The maximum atomic E-state index is 11.2. The molecule has 2 fully saturated rings. The molecule has 92 valence electrons. The number of hydrogen-bond donors (Lipinski definition) is 1. The summed E-state index contributed by atoms with van der Waals surface area (Å²) in [6.07, 6.45) is 7.54. The number of rotatable bonds is 5. The van der Waals surface area contributed by atoms with E-state index in [0.717, 1.165) is 38.8 Å². The van der Waals surface area contributed by atoms with E-state index in [-0.39, 0.29) is 11.5 Å². The Bertz CT molecular complexity index is 242. The molecule has 0 bridgehead atoms. The Morgan fingerprint density at radius 1 is 1.38 bits per heavy atom. The fourth-order valence-corrected chi connectivity index (χ4v) is 3.28. The third kappa shape index (κ3) is 2.64. The van der Waals surface area contributed by atoms with Gasteiger partial charge in [0, 0.05) is 18.5 Å². The van der Waals surface area contributed by atoms with Gasteiger partial charge < -0.3 is 14.8 Å². The van der Waals surface area contributed by atoms with Crippen LogP contribution in [0.3, 0.4) is 0 Å². The second kappa shape index (κ2) is 4.84. The number of carbonyl (C=O) groups is 1. The molecule has 3 nitrogen and oxygen atoms in total. The first-order valence-electron chi connectivity index (χ1n) is 6.46. The van der Waals surface area contributed by atoms with Crippen molar-refractivity contribution >= 4 is 6.29 Å². The van der Waals surface area contributed by atoms with Gasteiger partial charge >= 0.3 is 0 Å². The zero-order chi connectivity index (χ0) is 11.6. The van der Waals surface area contributed by atoms with Crippen LogP contribution in [-0.4, -0.2) is 42.5 Å². The summed E-state index contributed by atoms with van der Waals surface area (Å²) in [7, 11) is 2.11. The number of aliphatic hydroxyl groups is 1. The van der Waals surface area contributed by atoms with Gasteiger partial charge in [0.1, 0.15) is 6.29 Å². The van der Waals surface area contributed by atoms with Crippen LogP contribution in [0.25, 0.3) is 0 Å². The summed E-state index contributed by atoms with van der Waals surface area (Å²) in [5.74, 6) is 0.644. The van der Waals surface area contributed by atoms with Crippen LogP contribution in [0.5, 0.6) is 0 Å². The van der Waals surface area contributed by atoms with E-state index in [1.165, 1.54) is 19.1 Å². The highest BCUT2D eigenvalue weighted by molar-refractivity contribution is 5.60. The van der Waals surface area contributed by atoms with Gasteiger partial charge in [-0.25, -0.2) is 0 Å². The maximum Gasteiger partial charge on any atom is 0.127 e. The lowest BCUT2D eigenvalue weighted by Crippen LogP contribution is -2.41. The molecule has 16 heavy (non-hydrogen) atoms. The van der Waals surface area contributed by atoms with E-state index in [0.29, 0.717) is 5.92 Å². The van der Waals surface area contributed by atoms with Crippen LogP contribution in [0.1, 0.15) is 38.5 Å². The smallest absolute Gasteiger partial charge is 0.127 e. The number of aliphatic hydroxyl groups excluding tert-OH is 1. The van der Waals surface area contributed by atoms with Gasteiger partial charge in [-0.1, -0.05) is 12.8 Å². The lowest BCUT2D eigenvalue weighted by molar-refractivity contribution is -0.117. The fraction of sp³-hybridized carbons (Fsp3) is 0.923. The van der Waals surface area contributed by atoms with E-state index in [1.807, 2.05) is 0 Å². The van der Waals surface area contributed by atoms with Crippen LogP contribution in [0.2, 0.25) is 0 Å². The zero-order valence-corrected chi connectivity index (χ0v) is 10.2. The molecule has 0 aromatic heterocycles. The average molecular weight is 225 g/mol. The molecule has 2 rings (SSSR count). The van der Waals surface area contributed by atoms with Crippen molar-refractivity contribution in [2.24, 2.45) is 11.3 Å². The SMILES string of the molecule is CN(CC1CC(O)C1)CC1(C=O)CCCC1. The molecule has 0 aromatic carbocycles. The Balaban J connectivity index is 1.77. The van der Waals surface area contributed by atoms with Gasteiger partial charge in [0.25, 0.3) is 0 Å². The van der Waals surface area contributed by atoms with Gasteiger partial charge in [0.15, 0.2) is 0 Å². The summed E-state index contributed by atoms with van der Waals surface area (Å²) in [4.78, 5) is 13.5. The molecule has 0 unspecified atom stereocenters. The average Bonchev–Trinajstić information content (AvgIpc) is 2.65. The number of nitrogens with zero attached hydrogens (tertiary/aromatic N) is 1. The van der Waals surface area contributed by atoms with Gasteiger partial charge in [-0.2, -0.15) is 0 Å². The second-order valence-electron chi connectivity index (χ2n) is 5.88. The zero-order valence-electron chi connectivity index (χ0n) is 10.2. The van der Waals surface area contributed by atoms with Crippen LogP contribution >= 0.6 is 0 Å². The monoisotopic (exact) mass is 225 g/mol. The minimum atomic E-state index is -0.0649. The van der Waals surface area contributed by atoms with Gasteiger partial charge in [-0.05, 0) is 38.6 Å². The lowest BCUT2D eigenvalue weighted by atomic mass is 9.81. The normalized spacial score (nSPS) is 32.7. The second-order valence-corrected chi connectivity index (χ2v) is 5.88. The van der Waals surface area contributed by atoms with Crippen molar-refractivity contribution in [3.63, 3.8) is 0 Å². The summed E-state index contributed by atoms with van der Waals surface area (Å²) in [5.41, 5.74) is -0.0584. The molecular weight excluding hydrogens is 202 g/mol. The standard InChI is InChI=1S/C13H23NO2/c1-14(8-11-6-12(16)7-11)9-13(10-15)4-2-3-5-13/h10-12,16H,2-9H2,1H3. The minimum Gasteiger partial charge on any atom is -0.393 e. The molecule has 0 spiro atoms. The van der Waals surface area contributed by atoms with Crippen molar-refractivity contribution in [3.8, 4) is 0 Å². The highest BCUT2D eigenvalue weighted by Crippen LogP contribution is 2.37. The summed E-state index contributed by atoms with van der Waals surface area (Å²) < 4.78 is 0. The first-order chi connectivity index (χ1) is 7.63. The van der Waals surface area contributed by atoms with E-state index in [1.54, 1.807) is 0 Å². The van der Waals surface area contributed by atoms with E-state index in [2.05, 4.69) is 11.9 Å². The van der Waals surface area contributed by atoms with Gasteiger partial charge in [0.05, 0.1) is 6.10 Å². The van der Waals surface area contributed by atoms with Crippen molar-refractivity contribution in [1.82, 2.24) is 4.90 Å². The topological polar surface area (TPSA) is 40.5 Å². The maximum absolute atomic E-state index is 11.2. The molecule has 0 heterocycles. The molecule has 0 aromatic rings. The van der Waals surface area contributed by atoms with Crippen LogP contribution in [-0.2, 0) is 4.79 Å². The van der Waals surface area contributed by atoms with Gasteiger partial charge in [-0.15, -0.1) is 0 Å². The van der Waals surface area contributed by atoms with E-state index < -0.39 is 0 Å². The Labute approximate surface area is 97.8 Å². The van der Waals surface area contributed by atoms with Gasteiger partial charge in [0.2, 0.25) is 0 Å². The third-order valence-electron chi connectivity index (χ3n) is 4.21. The molecular formula is C13H23NO2. The largest absolute Gasteiger partial charge is 0.393 e. The minimum absolute atomic E-state index is 0.0584. The van der Waals surface area contributed by atoms with E-state index in [4.69, 9.17) is 0 Å². The number of carbonyl (C=O) groups excluding carboxylic acids is 1. The molecule has 0 amide bonds. The van der Waals surface area contributed by atoms with E-state index >= 15 is 0 Å². The number of hydrogen-bond acceptors (Lipinski definition) is 3. The molecule has 2 saturated carbocycles. The molecule has 2 aliphatic carbocycles. The number of aldehydes is 1. The highest BCUT2D eigenvalue weighted by atomic mass is 16.3. The summed E-state index contributed by atoms with van der Waals surface area (Å²) in [6.45, 7) is 1.94. The molecule has 0 radical (unpaired) electrons. The lowest BCUT2D eigenvalue weighted by Gasteiger charge is -2.36. The summed E-state index contributed by atoms with van der Waals surface area (Å²) in [6, 6.07) is 0. The Morgan fingerprint density at radius 3 is 2.50 bits per heavy atom. The van der Waals surface area contributed by atoms with Crippen LogP contribution in [0, 0.1) is 11.3 Å². The first kappa shape index (κ1) is 12.1. The summed E-state index contributed by atoms with van der Waals surface area (Å²) in [5, 5.41) is 9.24. The molecule has 0 aliphatic heterocycles. The predicted molar refractivity (Wildman–Crippen MR) is 63.2 cm³/mol. The highest BCUT2D eigenvalue weighted by Gasteiger charge is 2.36. The fourth-order valence-electron chi connectivity index (χ4n) is 3.28. The first-order valence-corrected chi connectivity index (χ1v) is 6.46. The van der Waals surface area contributed by atoms with Crippen LogP contribution < -0.4 is 0 Å². The molecule has 1 N–H and O–H groups in total. The van der Waals surface area contributed by atoms with Crippen LogP contribution in [0.4, 0.5) is 0 Å². The Kier molecular flexibility index (Phi) is 3.65. The van der Waals surface area contributed by atoms with Gasteiger partial charge in [-0.3, -0.25) is 0 Å². The molecule has 0 saturated heterocycles. The van der Waals surface area contributed by atoms with Crippen LogP contribution in [0.15, 0.2) is 0 Å². The summed E-state index contributed by atoms with van der Waals surface area (Å²) >= 11 is 0. The molecule has 2 aliphatic rings. The quantitative estimate of drug-likeness (QED) is 0.720. The Hall–Kier alpha value is -0.410. The predicted octanol–water partition coefficient (Wildman–Crippen LogP) is 1.45. The molecule has 0 atom stereocenters. The van der Waals surface area contributed by atoms with Crippen molar-refractivity contribution in [1.29, 1.82) is 0 Å². The third-order valence-corrected chi connectivity index (χ3v) is 4.21. The van der Waals surface area contributed by atoms with Crippen molar-refractivity contribution in [2.75, 3.05) is 20.1 Å². The van der Waals surface area contributed by atoms with Crippen molar-refractivity contribution in [2.45, 2.75) is 44.6 Å². The van der Waals surface area contributed by atoms with Crippen molar-refractivity contribution in [3.05, 3.63) is 0 Å².